The number of rotatable bonds is 5. The number of nitrogens with zero attached hydrogens (tertiary/aromatic N) is 1. The number of amides is 3. The Bertz CT molecular complexity index is 843. The van der Waals surface area contributed by atoms with Gasteiger partial charge in [-0.15, -0.1) is 0 Å². The number of urea groups is 1. The average Bonchev–Trinajstić information content (AvgIpc) is 3.19. The van der Waals surface area contributed by atoms with E-state index in [0.717, 1.165) is 10.5 Å². The fraction of sp³-hybridized carbons (Fsp3) is 0.278. The van der Waals surface area contributed by atoms with E-state index >= 15 is 0 Å². The highest BCUT2D eigenvalue weighted by Crippen LogP contribution is 2.29. The topological polar surface area (TPSA) is 88.8 Å². The Morgan fingerprint density at radius 3 is 2.72 bits per heavy atom. The van der Waals surface area contributed by atoms with E-state index in [1.807, 2.05) is 13.0 Å². The number of methoxy groups -OCH3 is 1. The number of ether oxygens (including phenoxy) is 1. The quantitative estimate of drug-likeness (QED) is 0.665. The second-order valence-electron chi connectivity index (χ2n) is 6.05. The minimum atomic E-state index is -1.32. The second-order valence-corrected chi connectivity index (χ2v) is 6.05. The van der Waals surface area contributed by atoms with Crippen molar-refractivity contribution in [1.82, 2.24) is 10.2 Å². The summed E-state index contributed by atoms with van der Waals surface area (Å²) in [6.45, 7) is 3.02. The molecule has 1 atom stereocenters. The first kappa shape index (κ1) is 16.8. The van der Waals surface area contributed by atoms with Gasteiger partial charge in [0.05, 0.1) is 25.5 Å². The maximum absolute atomic E-state index is 12.7. The number of carbonyl (C=O) groups is 3. The molecule has 3 amide bonds. The van der Waals surface area contributed by atoms with Gasteiger partial charge in [-0.05, 0) is 38.1 Å². The molecule has 0 radical (unpaired) electrons. The number of Topliss-reactive ketones (excluding diaryl/α,β-unsaturated/α-hetero) is 1. The molecule has 2 heterocycles. The van der Waals surface area contributed by atoms with E-state index in [2.05, 4.69) is 5.32 Å². The Morgan fingerprint density at radius 1 is 1.32 bits per heavy atom. The third-order valence-corrected chi connectivity index (χ3v) is 4.25. The van der Waals surface area contributed by atoms with Crippen LogP contribution in [-0.4, -0.2) is 36.3 Å². The summed E-state index contributed by atoms with van der Waals surface area (Å²) in [4.78, 5) is 38.5. The molecule has 0 saturated carbocycles. The molecule has 1 aliphatic heterocycles. The van der Waals surface area contributed by atoms with Crippen molar-refractivity contribution in [1.29, 1.82) is 0 Å². The van der Waals surface area contributed by atoms with Crippen molar-refractivity contribution < 1.29 is 23.5 Å². The van der Waals surface area contributed by atoms with Crippen LogP contribution in [0.3, 0.4) is 0 Å². The molecule has 1 fully saturated rings. The zero-order chi connectivity index (χ0) is 18.2. The molecule has 7 nitrogen and oxygen atoms in total. The summed E-state index contributed by atoms with van der Waals surface area (Å²) in [6, 6.07) is 7.77. The highest BCUT2D eigenvalue weighted by atomic mass is 16.5. The fourth-order valence-electron chi connectivity index (χ4n) is 2.84. The number of hydrogen-bond acceptors (Lipinski definition) is 5. The number of carbonyl (C=O) groups excluding carboxylic acids is 3. The molecule has 0 aliphatic carbocycles. The van der Waals surface area contributed by atoms with Crippen molar-refractivity contribution in [2.45, 2.75) is 19.4 Å². The molecule has 7 heteroatoms. The standard InChI is InChI=1S/C18H18N2O5/c1-11-6-7-14(24-3)12(9-11)13(21)10-20-16(22)18(2,19-17(20)23)15-5-4-8-25-15/h4-9H,10H2,1-3H3,(H,19,23). The molecular formula is C18H18N2O5. The molecule has 1 aromatic carbocycles. The molecule has 1 aliphatic rings. The SMILES string of the molecule is COc1ccc(C)cc1C(=O)CN1C(=O)NC(C)(c2ccco2)C1=O. The van der Waals surface area contributed by atoms with Gasteiger partial charge in [0, 0.05) is 0 Å². The number of imide groups is 1. The predicted octanol–water partition coefficient (Wildman–Crippen LogP) is 2.25. The summed E-state index contributed by atoms with van der Waals surface area (Å²) in [6.07, 6.45) is 1.42. The van der Waals surface area contributed by atoms with E-state index in [1.165, 1.54) is 13.4 Å². The van der Waals surface area contributed by atoms with Gasteiger partial charge < -0.3 is 14.5 Å². The van der Waals surface area contributed by atoms with Crippen molar-refractivity contribution in [3.8, 4) is 5.75 Å². The minimum Gasteiger partial charge on any atom is -0.496 e. The van der Waals surface area contributed by atoms with Crippen molar-refractivity contribution >= 4 is 17.7 Å². The van der Waals surface area contributed by atoms with Gasteiger partial charge in [0.15, 0.2) is 11.3 Å². The fourth-order valence-corrected chi connectivity index (χ4v) is 2.84. The Morgan fingerprint density at radius 2 is 2.08 bits per heavy atom. The largest absolute Gasteiger partial charge is 0.496 e. The van der Waals surface area contributed by atoms with Crippen molar-refractivity contribution in [2.24, 2.45) is 0 Å². The number of aryl methyl sites for hydroxylation is 1. The van der Waals surface area contributed by atoms with Crippen LogP contribution in [0.25, 0.3) is 0 Å². The molecule has 25 heavy (non-hydrogen) atoms. The van der Waals surface area contributed by atoms with Crippen LogP contribution in [0.4, 0.5) is 4.79 Å². The van der Waals surface area contributed by atoms with E-state index in [1.54, 1.807) is 31.2 Å². The van der Waals surface area contributed by atoms with Crippen molar-refractivity contribution in [2.75, 3.05) is 13.7 Å². The second kappa shape index (κ2) is 6.08. The molecule has 2 aromatic rings. The van der Waals surface area contributed by atoms with Gasteiger partial charge in [-0.2, -0.15) is 0 Å². The Hall–Kier alpha value is -3.09. The lowest BCUT2D eigenvalue weighted by atomic mass is 9.99. The predicted molar refractivity (Wildman–Crippen MR) is 88.4 cm³/mol. The highest BCUT2D eigenvalue weighted by molar-refractivity contribution is 6.11. The molecular weight excluding hydrogens is 324 g/mol. The summed E-state index contributed by atoms with van der Waals surface area (Å²) in [7, 11) is 1.46. The van der Waals surface area contributed by atoms with Crippen LogP contribution in [0.15, 0.2) is 41.0 Å². The third kappa shape index (κ3) is 2.77. The maximum atomic E-state index is 12.7. The third-order valence-electron chi connectivity index (χ3n) is 4.25. The molecule has 1 aromatic heterocycles. The van der Waals surface area contributed by atoms with Crippen LogP contribution in [0, 0.1) is 6.92 Å². The van der Waals surface area contributed by atoms with Gasteiger partial charge in [-0.1, -0.05) is 11.6 Å². The van der Waals surface area contributed by atoms with E-state index in [-0.39, 0.29) is 12.3 Å². The molecule has 1 saturated heterocycles. The summed E-state index contributed by atoms with van der Waals surface area (Å²) < 4.78 is 10.5. The minimum absolute atomic E-state index is 0.314. The highest BCUT2D eigenvalue weighted by Gasteiger charge is 2.51. The van der Waals surface area contributed by atoms with E-state index < -0.39 is 17.5 Å². The Labute approximate surface area is 144 Å². The van der Waals surface area contributed by atoms with Gasteiger partial charge in [0.25, 0.3) is 5.91 Å². The van der Waals surface area contributed by atoms with Crippen molar-refractivity contribution in [3.05, 3.63) is 53.5 Å². The number of nitrogens with one attached hydrogen (secondary N) is 1. The summed E-state index contributed by atoms with van der Waals surface area (Å²) in [5.74, 6) is -0.203. The number of furan rings is 1. The first-order valence-corrected chi connectivity index (χ1v) is 7.72. The van der Waals surface area contributed by atoms with Gasteiger partial charge in [-0.3, -0.25) is 14.5 Å². The van der Waals surface area contributed by atoms with Gasteiger partial charge in [-0.25, -0.2) is 4.79 Å². The zero-order valence-corrected chi connectivity index (χ0v) is 14.2. The first-order chi connectivity index (χ1) is 11.9. The number of ketones is 1. The summed E-state index contributed by atoms with van der Waals surface area (Å²) >= 11 is 0. The lowest BCUT2D eigenvalue weighted by molar-refractivity contribution is -0.131. The van der Waals surface area contributed by atoms with Crippen LogP contribution < -0.4 is 10.1 Å². The summed E-state index contributed by atoms with van der Waals surface area (Å²) in [5.41, 5.74) is -0.117. The molecule has 1 N–H and O–H groups in total. The molecule has 130 valence electrons. The molecule has 0 spiro atoms. The van der Waals surface area contributed by atoms with Gasteiger partial charge in [0.1, 0.15) is 11.5 Å². The number of hydrogen-bond donors (Lipinski definition) is 1. The Balaban J connectivity index is 1.86. The molecule has 0 bridgehead atoms. The van der Waals surface area contributed by atoms with Gasteiger partial charge >= 0.3 is 6.03 Å². The first-order valence-electron chi connectivity index (χ1n) is 7.72. The van der Waals surface area contributed by atoms with E-state index in [0.29, 0.717) is 17.1 Å². The summed E-state index contributed by atoms with van der Waals surface area (Å²) in [5, 5.41) is 2.59. The van der Waals surface area contributed by atoms with Gasteiger partial charge in [0.2, 0.25) is 0 Å². The van der Waals surface area contributed by atoms with Crippen LogP contribution in [-0.2, 0) is 10.3 Å². The van der Waals surface area contributed by atoms with Crippen molar-refractivity contribution in [3.63, 3.8) is 0 Å². The Kier molecular flexibility index (Phi) is 4.08. The van der Waals surface area contributed by atoms with Crippen LogP contribution >= 0.6 is 0 Å². The zero-order valence-electron chi connectivity index (χ0n) is 14.2. The monoisotopic (exact) mass is 342 g/mol. The van der Waals surface area contributed by atoms with Crippen LogP contribution in [0.1, 0.15) is 28.6 Å². The van der Waals surface area contributed by atoms with Crippen LogP contribution in [0.2, 0.25) is 0 Å². The van der Waals surface area contributed by atoms with E-state index in [9.17, 15) is 14.4 Å². The lowest BCUT2D eigenvalue weighted by Gasteiger charge is -2.19. The number of benzene rings is 1. The molecule has 1 unspecified atom stereocenters. The average molecular weight is 342 g/mol. The van der Waals surface area contributed by atoms with E-state index in [4.69, 9.17) is 9.15 Å². The molecule has 3 rings (SSSR count). The normalized spacial score (nSPS) is 19.9. The lowest BCUT2D eigenvalue weighted by Crippen LogP contribution is -2.41. The smallest absolute Gasteiger partial charge is 0.325 e. The van der Waals surface area contributed by atoms with Crippen LogP contribution in [0.5, 0.6) is 5.75 Å². The maximum Gasteiger partial charge on any atom is 0.325 e.